The first-order valence-electron chi connectivity index (χ1n) is 9.20. The standard InChI is InChI=1S/C22H14F3N3O4/c23-22(24,25)19-10-11-28(27-19)16-8-6-14(7-9-16)21(30)32-17-4-1-3-15(13-17)26-20(29)18-5-2-12-31-18/h1-13H,(H,26,29). The highest BCUT2D eigenvalue weighted by Crippen LogP contribution is 2.28. The molecule has 0 unspecified atom stereocenters. The van der Waals surface area contributed by atoms with Crippen LogP contribution in [0.2, 0.25) is 0 Å². The van der Waals surface area contributed by atoms with Gasteiger partial charge in [-0.3, -0.25) is 4.79 Å². The molecule has 1 amide bonds. The Balaban J connectivity index is 1.43. The summed E-state index contributed by atoms with van der Waals surface area (Å²) in [5, 5.41) is 6.10. The predicted octanol–water partition coefficient (Wildman–Crippen LogP) is 4.96. The molecule has 0 saturated carbocycles. The summed E-state index contributed by atoms with van der Waals surface area (Å²) in [4.78, 5) is 24.5. The Bertz CT molecular complexity index is 1250. The van der Waals surface area contributed by atoms with Crippen molar-refractivity contribution in [2.75, 3.05) is 5.32 Å². The van der Waals surface area contributed by atoms with Gasteiger partial charge in [-0.2, -0.15) is 18.3 Å². The summed E-state index contributed by atoms with van der Waals surface area (Å²) in [6.07, 6.45) is -1.99. The van der Waals surface area contributed by atoms with Crippen LogP contribution in [-0.4, -0.2) is 21.7 Å². The highest BCUT2D eigenvalue weighted by molar-refractivity contribution is 6.02. The molecule has 0 bridgehead atoms. The number of anilines is 1. The number of hydrogen-bond acceptors (Lipinski definition) is 5. The number of benzene rings is 2. The Morgan fingerprint density at radius 2 is 1.78 bits per heavy atom. The van der Waals surface area contributed by atoms with Crippen molar-refractivity contribution in [3.8, 4) is 11.4 Å². The van der Waals surface area contributed by atoms with Gasteiger partial charge in [0.25, 0.3) is 5.91 Å². The van der Waals surface area contributed by atoms with E-state index in [1.54, 1.807) is 18.2 Å². The van der Waals surface area contributed by atoms with E-state index in [1.165, 1.54) is 54.9 Å². The number of rotatable bonds is 5. The Morgan fingerprint density at radius 1 is 1.00 bits per heavy atom. The molecule has 0 fully saturated rings. The lowest BCUT2D eigenvalue weighted by Crippen LogP contribution is -2.12. The van der Waals surface area contributed by atoms with Crippen molar-refractivity contribution in [1.29, 1.82) is 0 Å². The van der Waals surface area contributed by atoms with E-state index in [2.05, 4.69) is 10.4 Å². The third kappa shape index (κ3) is 4.69. The lowest BCUT2D eigenvalue weighted by atomic mass is 10.2. The van der Waals surface area contributed by atoms with Crippen molar-refractivity contribution in [1.82, 2.24) is 9.78 Å². The largest absolute Gasteiger partial charge is 0.459 e. The number of nitrogens with one attached hydrogen (secondary N) is 1. The lowest BCUT2D eigenvalue weighted by Gasteiger charge is -2.08. The van der Waals surface area contributed by atoms with Crippen LogP contribution in [0.5, 0.6) is 5.75 Å². The molecule has 2 heterocycles. The third-order valence-electron chi connectivity index (χ3n) is 4.29. The van der Waals surface area contributed by atoms with Crippen LogP contribution in [0.3, 0.4) is 0 Å². The van der Waals surface area contributed by atoms with Gasteiger partial charge in [0.05, 0.1) is 17.5 Å². The highest BCUT2D eigenvalue weighted by atomic mass is 19.4. The summed E-state index contributed by atoms with van der Waals surface area (Å²) in [5.74, 6) is -0.811. The number of ether oxygens (including phenoxy) is 1. The number of nitrogens with zero attached hydrogens (tertiary/aromatic N) is 2. The van der Waals surface area contributed by atoms with Gasteiger partial charge in [-0.1, -0.05) is 6.07 Å². The van der Waals surface area contributed by atoms with Crippen molar-refractivity contribution < 1.29 is 31.9 Å². The highest BCUT2D eigenvalue weighted by Gasteiger charge is 2.33. The van der Waals surface area contributed by atoms with Crippen LogP contribution in [-0.2, 0) is 6.18 Å². The first-order chi connectivity index (χ1) is 15.3. The second-order valence-corrected chi connectivity index (χ2v) is 6.54. The minimum absolute atomic E-state index is 0.132. The molecular formula is C22H14F3N3O4. The molecule has 4 aromatic rings. The fourth-order valence-corrected chi connectivity index (χ4v) is 2.77. The molecule has 32 heavy (non-hydrogen) atoms. The summed E-state index contributed by atoms with van der Waals surface area (Å²) in [6, 6.07) is 15.9. The Hall–Kier alpha value is -4.34. The van der Waals surface area contributed by atoms with E-state index in [0.717, 1.165) is 10.7 Å². The van der Waals surface area contributed by atoms with Crippen molar-refractivity contribution >= 4 is 17.6 Å². The number of aromatic nitrogens is 2. The first kappa shape index (κ1) is 20.9. The van der Waals surface area contributed by atoms with Gasteiger partial charge in [0.15, 0.2) is 11.5 Å². The quantitative estimate of drug-likeness (QED) is 0.350. The maximum absolute atomic E-state index is 12.7. The van der Waals surface area contributed by atoms with Crippen LogP contribution in [0, 0.1) is 0 Å². The zero-order valence-electron chi connectivity index (χ0n) is 16.2. The molecule has 0 spiro atoms. The molecule has 0 radical (unpaired) electrons. The SMILES string of the molecule is O=C(Oc1cccc(NC(=O)c2ccco2)c1)c1ccc(-n2ccc(C(F)(F)F)n2)cc1. The molecule has 0 saturated heterocycles. The molecule has 162 valence electrons. The van der Waals surface area contributed by atoms with Gasteiger partial charge in [-0.25, -0.2) is 9.48 Å². The number of hydrogen-bond donors (Lipinski definition) is 1. The van der Waals surface area contributed by atoms with E-state index < -0.39 is 23.7 Å². The number of alkyl halides is 3. The molecule has 2 aromatic heterocycles. The van der Waals surface area contributed by atoms with Crippen molar-refractivity contribution in [3.63, 3.8) is 0 Å². The van der Waals surface area contributed by atoms with Gasteiger partial charge in [-0.05, 0) is 54.6 Å². The first-order valence-corrected chi connectivity index (χ1v) is 9.20. The van der Waals surface area contributed by atoms with E-state index in [9.17, 15) is 22.8 Å². The number of carbonyl (C=O) groups is 2. The molecule has 1 N–H and O–H groups in total. The Labute approximate surface area is 179 Å². The summed E-state index contributed by atoms with van der Waals surface area (Å²) < 4.78 is 49.5. The normalized spacial score (nSPS) is 11.2. The molecule has 4 rings (SSSR count). The average molecular weight is 441 g/mol. The summed E-state index contributed by atoms with van der Waals surface area (Å²) in [6.45, 7) is 0. The molecule has 2 aromatic carbocycles. The molecule has 10 heteroatoms. The number of furan rings is 1. The monoisotopic (exact) mass is 441 g/mol. The molecule has 7 nitrogen and oxygen atoms in total. The average Bonchev–Trinajstić information content (AvgIpc) is 3.46. The van der Waals surface area contributed by atoms with Gasteiger partial charge in [0, 0.05) is 18.0 Å². The van der Waals surface area contributed by atoms with Crippen molar-refractivity contribution in [2.24, 2.45) is 0 Å². The van der Waals surface area contributed by atoms with E-state index in [0.29, 0.717) is 11.4 Å². The van der Waals surface area contributed by atoms with Gasteiger partial charge < -0.3 is 14.5 Å². The van der Waals surface area contributed by atoms with Crippen molar-refractivity contribution in [2.45, 2.75) is 6.18 Å². The summed E-state index contributed by atoms with van der Waals surface area (Å²) >= 11 is 0. The second-order valence-electron chi connectivity index (χ2n) is 6.54. The number of esters is 1. The Morgan fingerprint density at radius 3 is 2.44 bits per heavy atom. The maximum atomic E-state index is 12.7. The summed E-state index contributed by atoms with van der Waals surface area (Å²) in [5.41, 5.74) is -0.0899. The number of carbonyl (C=O) groups excluding carboxylic acids is 2. The van der Waals surface area contributed by atoms with E-state index >= 15 is 0 Å². The lowest BCUT2D eigenvalue weighted by molar-refractivity contribution is -0.141. The minimum Gasteiger partial charge on any atom is -0.459 e. The molecule has 0 atom stereocenters. The van der Waals surface area contributed by atoms with Crippen molar-refractivity contribution in [3.05, 3.63) is 96.2 Å². The second kappa shape index (κ2) is 8.42. The summed E-state index contributed by atoms with van der Waals surface area (Å²) in [7, 11) is 0. The van der Waals surface area contributed by atoms with E-state index in [4.69, 9.17) is 9.15 Å². The van der Waals surface area contributed by atoms with Crippen LogP contribution in [0.25, 0.3) is 5.69 Å². The number of halogens is 3. The third-order valence-corrected chi connectivity index (χ3v) is 4.29. The van der Waals surface area contributed by atoms with E-state index in [-0.39, 0.29) is 17.1 Å². The molecule has 0 aliphatic rings. The van der Waals surface area contributed by atoms with E-state index in [1.807, 2.05) is 0 Å². The zero-order valence-corrected chi connectivity index (χ0v) is 16.2. The van der Waals surface area contributed by atoms with Gasteiger partial charge in [0.2, 0.25) is 0 Å². The molecular weight excluding hydrogens is 427 g/mol. The van der Waals surface area contributed by atoms with Crippen LogP contribution < -0.4 is 10.1 Å². The van der Waals surface area contributed by atoms with Gasteiger partial charge in [-0.15, -0.1) is 0 Å². The van der Waals surface area contributed by atoms with Gasteiger partial charge in [0.1, 0.15) is 5.75 Å². The number of amides is 1. The maximum Gasteiger partial charge on any atom is 0.435 e. The fraction of sp³-hybridized carbons (Fsp3) is 0.0455. The predicted molar refractivity (Wildman–Crippen MR) is 107 cm³/mol. The minimum atomic E-state index is -4.54. The van der Waals surface area contributed by atoms with Crippen LogP contribution in [0.1, 0.15) is 26.6 Å². The van der Waals surface area contributed by atoms with Crippen LogP contribution in [0.15, 0.2) is 83.6 Å². The topological polar surface area (TPSA) is 86.4 Å². The smallest absolute Gasteiger partial charge is 0.435 e. The van der Waals surface area contributed by atoms with Crippen LogP contribution >= 0.6 is 0 Å². The van der Waals surface area contributed by atoms with Crippen LogP contribution in [0.4, 0.5) is 18.9 Å². The Kier molecular flexibility index (Phi) is 5.50. The zero-order chi connectivity index (χ0) is 22.7. The molecule has 0 aliphatic carbocycles. The fourth-order valence-electron chi connectivity index (χ4n) is 2.77. The van der Waals surface area contributed by atoms with Gasteiger partial charge >= 0.3 is 12.1 Å². The molecule has 0 aliphatic heterocycles.